The number of unbranched alkanes of at least 4 members (excludes halogenated alkanes) is 8. The zero-order chi connectivity index (χ0) is 23.3. The minimum Gasteiger partial charge on any atom is -0.206 e. The fraction of sp³-hybridized carbons (Fsp3) is 0.438. The van der Waals surface area contributed by atoms with E-state index in [4.69, 9.17) is 0 Å². The first-order valence-electron chi connectivity index (χ1n) is 13.2. The van der Waals surface area contributed by atoms with Gasteiger partial charge in [0, 0.05) is 5.56 Å². The van der Waals surface area contributed by atoms with E-state index in [2.05, 4.69) is 62.4 Å². The lowest BCUT2D eigenvalue weighted by Crippen LogP contribution is -1.90. The van der Waals surface area contributed by atoms with E-state index in [1.54, 1.807) is 6.07 Å². The van der Waals surface area contributed by atoms with Crippen molar-refractivity contribution in [3.8, 4) is 22.3 Å². The maximum absolute atomic E-state index is 15.0. The Balaban J connectivity index is 1.56. The van der Waals surface area contributed by atoms with Gasteiger partial charge in [0.15, 0.2) is 0 Å². The van der Waals surface area contributed by atoms with Crippen molar-refractivity contribution in [2.45, 2.75) is 90.9 Å². The predicted octanol–water partition coefficient (Wildman–Crippen LogP) is 10.2. The average Bonchev–Trinajstić information content (AvgIpc) is 2.85. The van der Waals surface area contributed by atoms with Gasteiger partial charge in [-0.3, -0.25) is 0 Å². The first-order chi connectivity index (χ1) is 16.2. The average molecular weight is 445 g/mol. The fourth-order valence-corrected chi connectivity index (χ4v) is 4.51. The zero-order valence-electron chi connectivity index (χ0n) is 20.7. The van der Waals surface area contributed by atoms with Crippen molar-refractivity contribution in [3.63, 3.8) is 0 Å². The molecular formula is C32H41F. The van der Waals surface area contributed by atoms with Crippen LogP contribution in [0.3, 0.4) is 0 Å². The van der Waals surface area contributed by atoms with E-state index in [0.29, 0.717) is 5.56 Å². The normalized spacial score (nSPS) is 11.1. The summed E-state index contributed by atoms with van der Waals surface area (Å²) in [5.74, 6) is -0.153. The summed E-state index contributed by atoms with van der Waals surface area (Å²) in [6.07, 6.45) is 15.2. The van der Waals surface area contributed by atoms with Crippen LogP contribution in [0.4, 0.5) is 4.39 Å². The summed E-state index contributed by atoms with van der Waals surface area (Å²) in [6.45, 7) is 4.50. The van der Waals surface area contributed by atoms with E-state index >= 15 is 0 Å². The van der Waals surface area contributed by atoms with Gasteiger partial charge in [-0.05, 0) is 59.6 Å². The number of aryl methyl sites for hydroxylation is 2. The van der Waals surface area contributed by atoms with Crippen molar-refractivity contribution in [1.82, 2.24) is 0 Å². The maximum atomic E-state index is 15.0. The van der Waals surface area contributed by atoms with Crippen LogP contribution in [0, 0.1) is 5.82 Å². The summed E-state index contributed by atoms with van der Waals surface area (Å²) >= 11 is 0. The topological polar surface area (TPSA) is 0 Å². The molecule has 0 N–H and O–H groups in total. The SMILES string of the molecule is CCCCCCCCc1ccc(-c2ccc(-c3ccc(CCCCCC)cc3)cc2F)cc1. The number of hydrogen-bond donors (Lipinski definition) is 0. The van der Waals surface area contributed by atoms with Crippen LogP contribution in [-0.4, -0.2) is 0 Å². The monoisotopic (exact) mass is 444 g/mol. The molecule has 0 unspecified atom stereocenters. The van der Waals surface area contributed by atoms with E-state index in [9.17, 15) is 4.39 Å². The Bertz CT molecular complexity index is 937. The number of hydrogen-bond acceptors (Lipinski definition) is 0. The predicted molar refractivity (Wildman–Crippen MR) is 142 cm³/mol. The Labute approximate surface area is 201 Å². The molecule has 0 nitrogen and oxygen atoms in total. The summed E-state index contributed by atoms with van der Waals surface area (Å²) in [7, 11) is 0. The second-order valence-corrected chi connectivity index (χ2v) is 9.42. The van der Waals surface area contributed by atoms with Gasteiger partial charge in [-0.1, -0.05) is 126 Å². The van der Waals surface area contributed by atoms with Crippen LogP contribution >= 0.6 is 0 Å². The van der Waals surface area contributed by atoms with Crippen LogP contribution in [-0.2, 0) is 12.8 Å². The van der Waals surface area contributed by atoms with Crippen molar-refractivity contribution in [2.75, 3.05) is 0 Å². The van der Waals surface area contributed by atoms with Crippen molar-refractivity contribution >= 4 is 0 Å². The molecule has 0 aliphatic heterocycles. The number of rotatable bonds is 14. The molecule has 0 spiro atoms. The molecule has 0 radical (unpaired) electrons. The quantitative estimate of drug-likeness (QED) is 0.217. The van der Waals surface area contributed by atoms with Gasteiger partial charge < -0.3 is 0 Å². The highest BCUT2D eigenvalue weighted by Gasteiger charge is 2.08. The molecule has 176 valence electrons. The van der Waals surface area contributed by atoms with Crippen LogP contribution in [0.15, 0.2) is 66.7 Å². The van der Waals surface area contributed by atoms with E-state index in [1.165, 1.54) is 75.3 Å². The highest BCUT2D eigenvalue weighted by molar-refractivity contribution is 5.71. The molecule has 0 fully saturated rings. The fourth-order valence-electron chi connectivity index (χ4n) is 4.51. The van der Waals surface area contributed by atoms with Gasteiger partial charge in [0.2, 0.25) is 0 Å². The molecule has 3 aromatic carbocycles. The van der Waals surface area contributed by atoms with Crippen molar-refractivity contribution in [2.24, 2.45) is 0 Å². The van der Waals surface area contributed by atoms with Crippen LogP contribution in [0.25, 0.3) is 22.3 Å². The Kier molecular flexibility index (Phi) is 10.7. The first-order valence-corrected chi connectivity index (χ1v) is 13.2. The molecule has 0 saturated heterocycles. The molecule has 0 heterocycles. The molecule has 0 aliphatic carbocycles. The van der Waals surface area contributed by atoms with Crippen molar-refractivity contribution in [3.05, 3.63) is 83.7 Å². The summed E-state index contributed by atoms with van der Waals surface area (Å²) in [5.41, 5.74) is 6.36. The summed E-state index contributed by atoms with van der Waals surface area (Å²) in [5, 5.41) is 0. The van der Waals surface area contributed by atoms with Gasteiger partial charge in [0.25, 0.3) is 0 Å². The van der Waals surface area contributed by atoms with Gasteiger partial charge in [0.05, 0.1) is 0 Å². The molecule has 33 heavy (non-hydrogen) atoms. The minimum absolute atomic E-state index is 0.153. The second-order valence-electron chi connectivity index (χ2n) is 9.42. The Morgan fingerprint density at radius 1 is 0.485 bits per heavy atom. The Morgan fingerprint density at radius 2 is 0.939 bits per heavy atom. The van der Waals surface area contributed by atoms with E-state index < -0.39 is 0 Å². The second kappa shape index (κ2) is 14.0. The van der Waals surface area contributed by atoms with Gasteiger partial charge in [-0.2, -0.15) is 0 Å². The molecule has 0 bridgehead atoms. The van der Waals surface area contributed by atoms with Crippen LogP contribution in [0.1, 0.15) is 89.2 Å². The van der Waals surface area contributed by atoms with Gasteiger partial charge >= 0.3 is 0 Å². The van der Waals surface area contributed by atoms with Crippen molar-refractivity contribution in [1.29, 1.82) is 0 Å². The highest BCUT2D eigenvalue weighted by Crippen LogP contribution is 2.29. The van der Waals surface area contributed by atoms with Gasteiger partial charge in [-0.15, -0.1) is 0 Å². The summed E-state index contributed by atoms with van der Waals surface area (Å²) < 4.78 is 15.0. The summed E-state index contributed by atoms with van der Waals surface area (Å²) in [4.78, 5) is 0. The molecule has 1 heteroatoms. The number of halogens is 1. The molecule has 0 amide bonds. The smallest absolute Gasteiger partial charge is 0.131 e. The van der Waals surface area contributed by atoms with Crippen LogP contribution in [0.2, 0.25) is 0 Å². The summed E-state index contributed by atoms with van der Waals surface area (Å²) in [6, 6.07) is 22.7. The number of benzene rings is 3. The largest absolute Gasteiger partial charge is 0.206 e. The molecular weight excluding hydrogens is 403 g/mol. The Hall–Kier alpha value is -2.41. The molecule has 0 saturated carbocycles. The third-order valence-corrected chi connectivity index (χ3v) is 6.66. The van der Waals surface area contributed by atoms with Crippen molar-refractivity contribution < 1.29 is 4.39 Å². The minimum atomic E-state index is -0.153. The zero-order valence-corrected chi connectivity index (χ0v) is 20.7. The van der Waals surface area contributed by atoms with E-state index in [-0.39, 0.29) is 5.82 Å². The van der Waals surface area contributed by atoms with Gasteiger partial charge in [-0.25, -0.2) is 4.39 Å². The lowest BCUT2D eigenvalue weighted by molar-refractivity contribution is 0.607. The lowest BCUT2D eigenvalue weighted by Gasteiger charge is -2.09. The molecule has 3 rings (SSSR count). The van der Waals surface area contributed by atoms with E-state index in [1.807, 2.05) is 12.1 Å². The van der Waals surface area contributed by atoms with Crippen LogP contribution < -0.4 is 0 Å². The molecule has 3 aromatic rings. The third-order valence-electron chi connectivity index (χ3n) is 6.66. The standard InChI is InChI=1S/C32H41F/c1-3-5-7-9-10-12-14-27-17-21-29(22-18-27)31-24-23-30(25-32(31)33)28-19-15-26(16-20-28)13-11-8-6-4-2/h15-25H,3-14H2,1-2H3. The maximum Gasteiger partial charge on any atom is 0.131 e. The highest BCUT2D eigenvalue weighted by atomic mass is 19.1. The van der Waals surface area contributed by atoms with E-state index in [0.717, 1.165) is 29.5 Å². The Morgan fingerprint density at radius 3 is 1.48 bits per heavy atom. The molecule has 0 atom stereocenters. The molecule has 0 aliphatic rings. The first kappa shape index (κ1) is 25.2. The third kappa shape index (κ3) is 8.14. The molecule has 0 aromatic heterocycles. The lowest BCUT2D eigenvalue weighted by atomic mass is 9.97. The van der Waals surface area contributed by atoms with Crippen LogP contribution in [0.5, 0.6) is 0 Å². The van der Waals surface area contributed by atoms with Gasteiger partial charge in [0.1, 0.15) is 5.82 Å².